The molecule has 2 fully saturated rings. The number of halogens is 3. The lowest BCUT2D eigenvalue weighted by molar-refractivity contribution is 0.0378. The van der Waals surface area contributed by atoms with Gasteiger partial charge in [-0.2, -0.15) is 0 Å². The largest absolute Gasteiger partial charge is 0.204 e. The second-order valence-corrected chi connectivity index (χ2v) is 10.2. The Balaban J connectivity index is 1.59. The Morgan fingerprint density at radius 2 is 1.47 bits per heavy atom. The fourth-order valence-corrected chi connectivity index (χ4v) is 6.30. The smallest absolute Gasteiger partial charge is 0.194 e. The Labute approximate surface area is 182 Å². The van der Waals surface area contributed by atoms with Crippen molar-refractivity contribution in [1.82, 2.24) is 0 Å². The molecule has 2 saturated carbocycles. The highest BCUT2D eigenvalue weighted by atomic mass is 19.2. The number of benzene rings is 1. The van der Waals surface area contributed by atoms with Crippen LogP contribution in [0, 0.1) is 34.7 Å². The van der Waals surface area contributed by atoms with Crippen LogP contribution in [0.1, 0.15) is 115 Å². The highest BCUT2D eigenvalue weighted by molar-refractivity contribution is 5.20. The highest BCUT2D eigenvalue weighted by Gasteiger charge is 2.41. The summed E-state index contributed by atoms with van der Waals surface area (Å²) in [5, 5.41) is 0. The van der Waals surface area contributed by atoms with Crippen LogP contribution in [0.3, 0.4) is 0 Å². The molecule has 1 aromatic carbocycles. The van der Waals surface area contributed by atoms with E-state index in [-0.39, 0.29) is 0 Å². The van der Waals surface area contributed by atoms with E-state index in [2.05, 4.69) is 6.92 Å². The Kier molecular flexibility index (Phi) is 9.13. The first kappa shape index (κ1) is 23.7. The second-order valence-electron chi connectivity index (χ2n) is 10.2. The van der Waals surface area contributed by atoms with Gasteiger partial charge in [-0.1, -0.05) is 64.7 Å². The van der Waals surface area contributed by atoms with Gasteiger partial charge in [0.25, 0.3) is 0 Å². The van der Waals surface area contributed by atoms with E-state index in [0.29, 0.717) is 17.4 Å². The molecule has 0 spiro atoms. The standard InChI is InChI=1S/C27H41F3/c1-2-3-4-5-7-10-21-13-16-27(17-14-21,23-11-8-6-9-12-23)18-15-22-19-24(28)26(30)25(29)20-22/h19-21,23H,2-18H2,1H3/t21-,27-. The molecule has 30 heavy (non-hydrogen) atoms. The van der Waals surface area contributed by atoms with Crippen LogP contribution in [0.2, 0.25) is 0 Å². The lowest BCUT2D eigenvalue weighted by Gasteiger charge is -2.48. The molecule has 2 aliphatic carbocycles. The zero-order valence-corrected chi connectivity index (χ0v) is 19.0. The normalized spacial score (nSPS) is 25.5. The Morgan fingerprint density at radius 1 is 0.833 bits per heavy atom. The van der Waals surface area contributed by atoms with Gasteiger partial charge in [0.15, 0.2) is 17.5 Å². The maximum atomic E-state index is 13.7. The molecule has 0 saturated heterocycles. The summed E-state index contributed by atoms with van der Waals surface area (Å²) in [6.07, 6.45) is 21.6. The van der Waals surface area contributed by atoms with E-state index >= 15 is 0 Å². The molecule has 3 heteroatoms. The van der Waals surface area contributed by atoms with Crippen LogP contribution in [-0.4, -0.2) is 0 Å². The quantitative estimate of drug-likeness (QED) is 0.260. The lowest BCUT2D eigenvalue weighted by atomic mass is 9.58. The van der Waals surface area contributed by atoms with E-state index in [0.717, 1.165) is 18.3 Å². The molecule has 0 unspecified atom stereocenters. The number of aryl methyl sites for hydroxylation is 1. The molecule has 1 aromatic rings. The molecule has 0 atom stereocenters. The third-order valence-corrected chi connectivity index (χ3v) is 8.24. The predicted molar refractivity (Wildman–Crippen MR) is 119 cm³/mol. The van der Waals surface area contributed by atoms with Crippen molar-refractivity contribution in [1.29, 1.82) is 0 Å². The summed E-state index contributed by atoms with van der Waals surface area (Å²) >= 11 is 0. The molecule has 0 N–H and O–H groups in total. The Bertz CT molecular complexity index is 617. The van der Waals surface area contributed by atoms with Gasteiger partial charge in [0.05, 0.1) is 0 Å². The number of rotatable bonds is 10. The molecular formula is C27H41F3. The maximum Gasteiger partial charge on any atom is 0.194 e. The van der Waals surface area contributed by atoms with Crippen LogP contribution < -0.4 is 0 Å². The molecule has 0 bridgehead atoms. The molecule has 0 nitrogen and oxygen atoms in total. The van der Waals surface area contributed by atoms with Gasteiger partial charge < -0.3 is 0 Å². The lowest BCUT2D eigenvalue weighted by Crippen LogP contribution is -2.37. The average Bonchev–Trinajstić information content (AvgIpc) is 2.77. The Hall–Kier alpha value is -0.990. The molecule has 0 radical (unpaired) electrons. The topological polar surface area (TPSA) is 0 Å². The van der Waals surface area contributed by atoms with Crippen LogP contribution in [0.5, 0.6) is 0 Å². The molecule has 0 heterocycles. The van der Waals surface area contributed by atoms with Crippen LogP contribution in [0.25, 0.3) is 0 Å². The summed E-state index contributed by atoms with van der Waals surface area (Å²) in [5.74, 6) is -1.83. The fraction of sp³-hybridized carbons (Fsp3) is 0.778. The zero-order valence-electron chi connectivity index (χ0n) is 19.0. The monoisotopic (exact) mass is 422 g/mol. The van der Waals surface area contributed by atoms with E-state index in [1.165, 1.54) is 108 Å². The summed E-state index contributed by atoms with van der Waals surface area (Å²) in [6.45, 7) is 2.26. The first-order chi connectivity index (χ1) is 14.5. The van der Waals surface area contributed by atoms with Crippen molar-refractivity contribution in [3.63, 3.8) is 0 Å². The van der Waals surface area contributed by atoms with Crippen LogP contribution in [0.4, 0.5) is 13.2 Å². The molecule has 0 aliphatic heterocycles. The number of hydrogen-bond donors (Lipinski definition) is 0. The van der Waals surface area contributed by atoms with Crippen molar-refractivity contribution in [2.75, 3.05) is 0 Å². The van der Waals surface area contributed by atoms with Gasteiger partial charge in [-0.3, -0.25) is 0 Å². The summed E-state index contributed by atoms with van der Waals surface area (Å²) in [4.78, 5) is 0. The molecular weight excluding hydrogens is 381 g/mol. The molecule has 170 valence electrons. The van der Waals surface area contributed by atoms with Gasteiger partial charge in [-0.05, 0) is 86.3 Å². The third-order valence-electron chi connectivity index (χ3n) is 8.24. The van der Waals surface area contributed by atoms with E-state index in [1.807, 2.05) is 0 Å². The number of hydrogen-bond acceptors (Lipinski definition) is 0. The van der Waals surface area contributed by atoms with Crippen molar-refractivity contribution in [2.45, 2.75) is 116 Å². The zero-order chi connectivity index (χ0) is 21.4. The first-order valence-electron chi connectivity index (χ1n) is 12.7. The van der Waals surface area contributed by atoms with Crippen molar-refractivity contribution in [2.24, 2.45) is 17.3 Å². The minimum atomic E-state index is -1.35. The van der Waals surface area contributed by atoms with Crippen molar-refractivity contribution in [3.05, 3.63) is 35.1 Å². The Morgan fingerprint density at radius 3 is 2.10 bits per heavy atom. The molecule has 2 aliphatic rings. The minimum absolute atomic E-state index is 0.320. The van der Waals surface area contributed by atoms with Crippen molar-refractivity contribution in [3.8, 4) is 0 Å². The van der Waals surface area contributed by atoms with E-state index < -0.39 is 17.5 Å². The van der Waals surface area contributed by atoms with Crippen molar-refractivity contribution >= 4 is 0 Å². The fourth-order valence-electron chi connectivity index (χ4n) is 6.30. The summed E-state index contributed by atoms with van der Waals surface area (Å²) in [6, 6.07) is 2.41. The second kappa shape index (κ2) is 11.6. The van der Waals surface area contributed by atoms with Crippen LogP contribution in [0.15, 0.2) is 12.1 Å². The van der Waals surface area contributed by atoms with Gasteiger partial charge >= 0.3 is 0 Å². The first-order valence-corrected chi connectivity index (χ1v) is 12.7. The van der Waals surface area contributed by atoms with Crippen LogP contribution in [-0.2, 0) is 6.42 Å². The predicted octanol–water partition coefficient (Wildman–Crippen LogP) is 9.15. The van der Waals surface area contributed by atoms with E-state index in [1.54, 1.807) is 0 Å². The van der Waals surface area contributed by atoms with Crippen molar-refractivity contribution < 1.29 is 13.2 Å². The van der Waals surface area contributed by atoms with Gasteiger partial charge in [0.2, 0.25) is 0 Å². The number of unbranched alkanes of at least 4 members (excludes halogenated alkanes) is 4. The maximum absolute atomic E-state index is 13.7. The van der Waals surface area contributed by atoms with Gasteiger partial charge in [0, 0.05) is 0 Å². The van der Waals surface area contributed by atoms with E-state index in [4.69, 9.17) is 0 Å². The van der Waals surface area contributed by atoms with Gasteiger partial charge in [-0.15, -0.1) is 0 Å². The highest BCUT2D eigenvalue weighted by Crippen LogP contribution is 2.52. The molecule has 0 amide bonds. The average molecular weight is 423 g/mol. The third kappa shape index (κ3) is 6.26. The minimum Gasteiger partial charge on any atom is -0.204 e. The molecule has 0 aromatic heterocycles. The SMILES string of the molecule is CCCCCCC[C@H]1CC[C@](CCc2cc(F)c(F)c(F)c2)(C2CCCCC2)CC1. The summed E-state index contributed by atoms with van der Waals surface area (Å²) in [5.41, 5.74) is 0.931. The van der Waals surface area contributed by atoms with E-state index in [9.17, 15) is 13.2 Å². The molecule has 3 rings (SSSR count). The van der Waals surface area contributed by atoms with Gasteiger partial charge in [0.1, 0.15) is 0 Å². The van der Waals surface area contributed by atoms with Gasteiger partial charge in [-0.25, -0.2) is 13.2 Å². The summed E-state index contributed by atoms with van der Waals surface area (Å²) < 4.78 is 40.7. The summed E-state index contributed by atoms with van der Waals surface area (Å²) in [7, 11) is 0. The van der Waals surface area contributed by atoms with Crippen LogP contribution >= 0.6 is 0 Å².